The van der Waals surface area contributed by atoms with Gasteiger partial charge in [0.05, 0.1) is 29.7 Å². The molecular formula is C23H27N4O2+. The van der Waals surface area contributed by atoms with E-state index in [0.29, 0.717) is 24.3 Å². The van der Waals surface area contributed by atoms with Gasteiger partial charge in [0.1, 0.15) is 6.54 Å². The average molecular weight is 391 g/mol. The van der Waals surface area contributed by atoms with Crippen LogP contribution in [0.1, 0.15) is 34.2 Å². The zero-order valence-corrected chi connectivity index (χ0v) is 17.3. The fourth-order valence-electron chi connectivity index (χ4n) is 3.41. The van der Waals surface area contributed by atoms with Crippen molar-refractivity contribution in [3.8, 4) is 5.69 Å². The third-order valence-electron chi connectivity index (χ3n) is 4.94. The highest BCUT2D eigenvalue weighted by Gasteiger charge is 2.18. The van der Waals surface area contributed by atoms with Crippen molar-refractivity contribution in [2.45, 2.75) is 27.3 Å². The van der Waals surface area contributed by atoms with Crippen molar-refractivity contribution in [3.63, 3.8) is 0 Å². The maximum atomic E-state index is 12.5. The van der Waals surface area contributed by atoms with Gasteiger partial charge in [0.2, 0.25) is 0 Å². The number of para-hydroxylation sites is 1. The number of likely N-dealkylation sites (N-methyl/N-ethyl adjacent to an activating group) is 1. The average Bonchev–Trinajstić information content (AvgIpc) is 2.97. The number of quaternary nitrogens is 1. The lowest BCUT2D eigenvalue weighted by molar-refractivity contribution is -0.885. The van der Waals surface area contributed by atoms with Gasteiger partial charge in [-0.3, -0.25) is 9.59 Å². The Morgan fingerprint density at radius 2 is 1.79 bits per heavy atom. The second kappa shape index (κ2) is 8.84. The minimum absolute atomic E-state index is 0.0229. The highest BCUT2D eigenvalue weighted by molar-refractivity contribution is 5.97. The standard InChI is InChI=1S/C23H26N4O2/c1-16-22(17(2)27(25-16)21-11-6-5-7-12-21)14-26(4)15-23(29)24-20-10-8-9-19(13-20)18(3)28/h5-13H,14-15H2,1-4H3,(H,24,29)/p+1. The first-order valence-corrected chi connectivity index (χ1v) is 9.68. The molecule has 0 bridgehead atoms. The van der Waals surface area contributed by atoms with E-state index in [2.05, 4.69) is 17.3 Å². The minimum Gasteiger partial charge on any atom is -0.326 e. The fraction of sp³-hybridized carbons (Fsp3) is 0.261. The van der Waals surface area contributed by atoms with E-state index in [-0.39, 0.29) is 11.7 Å². The van der Waals surface area contributed by atoms with E-state index in [1.165, 1.54) is 6.92 Å². The molecule has 0 radical (unpaired) electrons. The summed E-state index contributed by atoms with van der Waals surface area (Å²) in [4.78, 5) is 25.0. The number of benzene rings is 2. The molecule has 1 atom stereocenters. The third kappa shape index (κ3) is 4.97. The summed E-state index contributed by atoms with van der Waals surface area (Å²) >= 11 is 0. The molecule has 1 amide bonds. The number of rotatable bonds is 7. The van der Waals surface area contributed by atoms with Crippen LogP contribution >= 0.6 is 0 Å². The fourth-order valence-corrected chi connectivity index (χ4v) is 3.41. The number of nitrogens with zero attached hydrogens (tertiary/aromatic N) is 2. The Kier molecular flexibility index (Phi) is 6.24. The summed E-state index contributed by atoms with van der Waals surface area (Å²) in [6.45, 7) is 6.59. The molecule has 0 saturated carbocycles. The highest BCUT2D eigenvalue weighted by atomic mass is 16.2. The second-order valence-corrected chi connectivity index (χ2v) is 7.39. The van der Waals surface area contributed by atoms with E-state index in [1.807, 2.05) is 49.0 Å². The molecule has 6 heteroatoms. The number of hydrogen-bond acceptors (Lipinski definition) is 3. The SMILES string of the molecule is CC(=O)c1cccc(NC(=O)C[NH+](C)Cc2c(C)nn(-c3ccccc3)c2C)c1. The highest BCUT2D eigenvalue weighted by Crippen LogP contribution is 2.17. The van der Waals surface area contributed by atoms with Crippen molar-refractivity contribution in [2.75, 3.05) is 18.9 Å². The van der Waals surface area contributed by atoms with Crippen molar-refractivity contribution in [3.05, 3.63) is 77.1 Å². The number of hydrogen-bond donors (Lipinski definition) is 2. The van der Waals surface area contributed by atoms with Crippen molar-refractivity contribution in [2.24, 2.45) is 0 Å². The Morgan fingerprint density at radius 1 is 1.07 bits per heavy atom. The molecule has 29 heavy (non-hydrogen) atoms. The van der Waals surface area contributed by atoms with Gasteiger partial charge in [-0.1, -0.05) is 30.3 Å². The molecule has 0 aliphatic carbocycles. The summed E-state index contributed by atoms with van der Waals surface area (Å²) < 4.78 is 1.95. The van der Waals surface area contributed by atoms with Gasteiger partial charge in [0.25, 0.3) is 5.91 Å². The normalized spacial score (nSPS) is 11.9. The molecule has 1 aromatic heterocycles. The lowest BCUT2D eigenvalue weighted by Gasteiger charge is -2.14. The van der Waals surface area contributed by atoms with Gasteiger partial charge in [-0.05, 0) is 45.0 Å². The predicted molar refractivity (Wildman–Crippen MR) is 114 cm³/mol. The Labute approximate surface area is 171 Å². The Hall–Kier alpha value is -3.25. The van der Waals surface area contributed by atoms with Crippen LogP contribution in [0, 0.1) is 13.8 Å². The first-order valence-electron chi connectivity index (χ1n) is 9.68. The number of aromatic nitrogens is 2. The second-order valence-electron chi connectivity index (χ2n) is 7.39. The quantitative estimate of drug-likeness (QED) is 0.608. The van der Waals surface area contributed by atoms with Crippen molar-refractivity contribution >= 4 is 17.4 Å². The molecule has 0 fully saturated rings. The number of ketones is 1. The smallest absolute Gasteiger partial charge is 0.279 e. The molecule has 150 valence electrons. The number of carbonyl (C=O) groups is 2. The van der Waals surface area contributed by atoms with Gasteiger partial charge in [0, 0.05) is 11.3 Å². The van der Waals surface area contributed by atoms with Crippen molar-refractivity contribution < 1.29 is 14.5 Å². The molecule has 6 nitrogen and oxygen atoms in total. The first-order chi connectivity index (χ1) is 13.8. The van der Waals surface area contributed by atoms with Crippen LogP contribution in [0.15, 0.2) is 54.6 Å². The van der Waals surface area contributed by atoms with Crippen LogP contribution in [0.25, 0.3) is 5.69 Å². The summed E-state index contributed by atoms with van der Waals surface area (Å²) in [6, 6.07) is 17.0. The maximum Gasteiger partial charge on any atom is 0.279 e. The lowest BCUT2D eigenvalue weighted by Crippen LogP contribution is -3.08. The molecule has 1 heterocycles. The minimum atomic E-state index is -0.0889. The van der Waals surface area contributed by atoms with Gasteiger partial charge in [-0.15, -0.1) is 0 Å². The molecule has 0 saturated heterocycles. The van der Waals surface area contributed by atoms with Crippen LogP contribution in [0.4, 0.5) is 5.69 Å². The van der Waals surface area contributed by atoms with E-state index in [0.717, 1.165) is 27.5 Å². The summed E-state index contributed by atoms with van der Waals surface area (Å²) in [5.41, 5.74) is 5.46. The molecule has 0 aliphatic rings. The molecule has 2 aromatic carbocycles. The Morgan fingerprint density at radius 3 is 2.48 bits per heavy atom. The number of carbonyl (C=O) groups excluding carboxylic acids is 2. The van der Waals surface area contributed by atoms with Crippen LogP contribution in [0.2, 0.25) is 0 Å². The van der Waals surface area contributed by atoms with Gasteiger partial charge in [-0.25, -0.2) is 4.68 Å². The summed E-state index contributed by atoms with van der Waals surface area (Å²) in [6.07, 6.45) is 0. The summed E-state index contributed by atoms with van der Waals surface area (Å²) in [5, 5.41) is 7.56. The Bertz CT molecular complexity index is 1020. The van der Waals surface area contributed by atoms with Gasteiger partial charge in [0.15, 0.2) is 12.3 Å². The van der Waals surface area contributed by atoms with Crippen LogP contribution in [0.5, 0.6) is 0 Å². The largest absolute Gasteiger partial charge is 0.326 e. The van der Waals surface area contributed by atoms with E-state index < -0.39 is 0 Å². The molecular weight excluding hydrogens is 364 g/mol. The van der Waals surface area contributed by atoms with E-state index >= 15 is 0 Å². The number of aryl methyl sites for hydroxylation is 1. The number of Topliss-reactive ketones (excluding diaryl/α,β-unsaturated/α-hetero) is 1. The number of anilines is 1. The molecule has 1 unspecified atom stereocenters. The lowest BCUT2D eigenvalue weighted by atomic mass is 10.1. The predicted octanol–water partition coefficient (Wildman–Crippen LogP) is 2.35. The van der Waals surface area contributed by atoms with Crippen molar-refractivity contribution in [1.82, 2.24) is 9.78 Å². The zero-order chi connectivity index (χ0) is 21.0. The number of amides is 1. The van der Waals surface area contributed by atoms with Gasteiger partial charge in [-0.2, -0.15) is 5.10 Å². The van der Waals surface area contributed by atoms with Crippen LogP contribution in [0.3, 0.4) is 0 Å². The van der Waals surface area contributed by atoms with E-state index in [9.17, 15) is 9.59 Å². The zero-order valence-electron chi connectivity index (χ0n) is 17.3. The maximum absolute atomic E-state index is 12.5. The van der Waals surface area contributed by atoms with Crippen LogP contribution in [-0.2, 0) is 11.3 Å². The van der Waals surface area contributed by atoms with Gasteiger partial charge < -0.3 is 10.2 Å². The number of nitrogens with one attached hydrogen (secondary N) is 2. The summed E-state index contributed by atoms with van der Waals surface area (Å²) in [5.74, 6) is -0.112. The first kappa shape index (κ1) is 20.5. The van der Waals surface area contributed by atoms with Crippen LogP contribution in [-0.4, -0.2) is 35.1 Å². The Balaban J connectivity index is 1.66. The van der Waals surface area contributed by atoms with Crippen LogP contribution < -0.4 is 10.2 Å². The monoisotopic (exact) mass is 391 g/mol. The third-order valence-corrected chi connectivity index (χ3v) is 4.94. The molecule has 0 spiro atoms. The van der Waals surface area contributed by atoms with E-state index in [4.69, 9.17) is 0 Å². The molecule has 3 aromatic rings. The topological polar surface area (TPSA) is 68.4 Å². The summed E-state index contributed by atoms with van der Waals surface area (Å²) in [7, 11) is 1.99. The molecule has 2 N–H and O–H groups in total. The van der Waals surface area contributed by atoms with E-state index in [1.54, 1.807) is 24.3 Å². The molecule has 0 aliphatic heterocycles. The van der Waals surface area contributed by atoms with Crippen molar-refractivity contribution in [1.29, 1.82) is 0 Å². The van der Waals surface area contributed by atoms with Gasteiger partial charge >= 0.3 is 0 Å². The molecule has 3 rings (SSSR count).